The fraction of sp³-hybridized carbons (Fsp3) is 0.200. The van der Waals surface area contributed by atoms with E-state index in [0.29, 0.717) is 40.6 Å². The Morgan fingerprint density at radius 1 is 1.12 bits per heavy atom. The number of para-hydroxylation sites is 1. The van der Waals surface area contributed by atoms with Crippen molar-refractivity contribution in [3.05, 3.63) is 76.5 Å². The van der Waals surface area contributed by atoms with Gasteiger partial charge in [0.25, 0.3) is 5.69 Å². The second-order valence-corrected chi connectivity index (χ2v) is 7.37. The maximum atomic E-state index is 12.3. The van der Waals surface area contributed by atoms with E-state index in [4.69, 9.17) is 9.15 Å². The molecule has 9 heteroatoms. The van der Waals surface area contributed by atoms with Gasteiger partial charge in [-0.15, -0.1) is 0 Å². The number of anilines is 2. The van der Waals surface area contributed by atoms with E-state index in [2.05, 4.69) is 10.6 Å². The third-order valence-electron chi connectivity index (χ3n) is 4.89. The summed E-state index contributed by atoms with van der Waals surface area (Å²) in [7, 11) is 1.48. The summed E-state index contributed by atoms with van der Waals surface area (Å²) in [6, 6.07) is 14.4. The normalized spacial score (nSPS) is 10.8. The number of nitro benzene ring substituents is 1. The lowest BCUT2D eigenvalue weighted by molar-refractivity contribution is -0.384. The third kappa shape index (κ3) is 6.32. The Morgan fingerprint density at radius 2 is 1.91 bits per heavy atom. The maximum Gasteiger partial charge on any atom is 0.280 e. The third-order valence-corrected chi connectivity index (χ3v) is 4.89. The van der Waals surface area contributed by atoms with Crippen molar-refractivity contribution in [2.75, 3.05) is 17.7 Å². The van der Waals surface area contributed by atoms with Crippen molar-refractivity contribution in [1.82, 2.24) is 0 Å². The van der Waals surface area contributed by atoms with Crippen LogP contribution in [0.15, 0.2) is 65.1 Å². The number of furan rings is 1. The predicted molar refractivity (Wildman–Crippen MR) is 130 cm³/mol. The average molecular weight is 463 g/mol. The van der Waals surface area contributed by atoms with Crippen molar-refractivity contribution >= 4 is 35.0 Å². The standard InChI is InChI=1S/C25H25N3O6/c1-3-4-9-24(29)27-20-13-10-17(16-23(20)33-2)26-25(30)15-12-18-11-14-22(34-18)19-7-5-6-8-21(19)28(31)32/h5-8,10-16H,3-4,9H2,1-2H3,(H,26,30)(H,27,29)/b15-12+. The molecule has 0 atom stereocenters. The van der Waals surface area contributed by atoms with E-state index < -0.39 is 10.8 Å². The molecular formula is C25H25N3O6. The SMILES string of the molecule is CCCCC(=O)Nc1ccc(NC(=O)/C=C/c2ccc(-c3ccccc3[N+](=O)[O-])o2)cc1OC. The highest BCUT2D eigenvalue weighted by atomic mass is 16.6. The highest BCUT2D eigenvalue weighted by molar-refractivity contribution is 6.02. The number of nitrogens with one attached hydrogen (secondary N) is 2. The van der Waals surface area contributed by atoms with E-state index >= 15 is 0 Å². The van der Waals surface area contributed by atoms with Gasteiger partial charge in [0.15, 0.2) is 0 Å². The van der Waals surface area contributed by atoms with Crippen LogP contribution in [-0.4, -0.2) is 23.8 Å². The summed E-state index contributed by atoms with van der Waals surface area (Å²) in [5, 5.41) is 16.7. The lowest BCUT2D eigenvalue weighted by Gasteiger charge is -2.12. The van der Waals surface area contributed by atoms with Crippen molar-refractivity contribution < 1.29 is 23.7 Å². The first-order valence-electron chi connectivity index (χ1n) is 10.7. The molecule has 2 aromatic carbocycles. The van der Waals surface area contributed by atoms with Crippen molar-refractivity contribution in [3.63, 3.8) is 0 Å². The minimum Gasteiger partial charge on any atom is -0.494 e. The van der Waals surface area contributed by atoms with E-state index in [1.807, 2.05) is 6.92 Å². The molecule has 0 unspecified atom stereocenters. The van der Waals surface area contributed by atoms with Gasteiger partial charge in [-0.05, 0) is 42.8 Å². The van der Waals surface area contributed by atoms with Crippen molar-refractivity contribution in [1.29, 1.82) is 0 Å². The van der Waals surface area contributed by atoms with Crippen LogP contribution in [0.1, 0.15) is 31.9 Å². The van der Waals surface area contributed by atoms with Crippen molar-refractivity contribution in [2.45, 2.75) is 26.2 Å². The lowest BCUT2D eigenvalue weighted by Crippen LogP contribution is -2.12. The van der Waals surface area contributed by atoms with Crippen LogP contribution in [0.4, 0.5) is 17.1 Å². The molecule has 176 valence electrons. The molecule has 0 radical (unpaired) electrons. The predicted octanol–water partition coefficient (Wildman–Crippen LogP) is 5.64. The number of hydrogen-bond acceptors (Lipinski definition) is 6. The van der Waals surface area contributed by atoms with Gasteiger partial charge < -0.3 is 19.8 Å². The number of methoxy groups -OCH3 is 1. The first-order valence-corrected chi connectivity index (χ1v) is 10.7. The van der Waals surface area contributed by atoms with Gasteiger partial charge in [-0.2, -0.15) is 0 Å². The Balaban J connectivity index is 1.65. The molecule has 1 heterocycles. The summed E-state index contributed by atoms with van der Waals surface area (Å²) in [6.45, 7) is 2.01. The Bertz CT molecular complexity index is 1210. The van der Waals surface area contributed by atoms with Crippen molar-refractivity contribution in [3.8, 4) is 17.1 Å². The molecule has 3 rings (SSSR count). The van der Waals surface area contributed by atoms with Crippen LogP contribution in [0, 0.1) is 10.1 Å². The number of benzene rings is 2. The molecule has 1 aromatic heterocycles. The molecule has 0 aliphatic heterocycles. The van der Waals surface area contributed by atoms with E-state index in [-0.39, 0.29) is 11.6 Å². The quantitative estimate of drug-likeness (QED) is 0.228. The Kier molecular flexibility index (Phi) is 8.17. The number of rotatable bonds is 10. The number of unbranched alkanes of at least 4 members (excludes halogenated alkanes) is 1. The minimum absolute atomic E-state index is 0.0657. The van der Waals surface area contributed by atoms with E-state index in [0.717, 1.165) is 12.8 Å². The number of amides is 2. The van der Waals surface area contributed by atoms with Gasteiger partial charge in [-0.3, -0.25) is 19.7 Å². The van der Waals surface area contributed by atoms with Crippen molar-refractivity contribution in [2.24, 2.45) is 0 Å². The minimum atomic E-state index is -0.475. The van der Waals surface area contributed by atoms with Gasteiger partial charge in [0.05, 0.1) is 23.3 Å². The Labute approximate surface area is 196 Å². The van der Waals surface area contributed by atoms with Crippen LogP contribution in [-0.2, 0) is 9.59 Å². The molecule has 3 aromatic rings. The summed E-state index contributed by atoms with van der Waals surface area (Å²) in [5.74, 6) is 0.607. The summed E-state index contributed by atoms with van der Waals surface area (Å²) < 4.78 is 11.0. The zero-order chi connectivity index (χ0) is 24.5. The number of carbonyl (C=O) groups is 2. The fourth-order valence-corrected chi connectivity index (χ4v) is 3.19. The summed E-state index contributed by atoms with van der Waals surface area (Å²) >= 11 is 0. The molecule has 0 bridgehead atoms. The molecule has 0 saturated heterocycles. The molecule has 0 aliphatic rings. The molecule has 0 fully saturated rings. The number of ether oxygens (including phenoxy) is 1. The first kappa shape index (κ1) is 24.2. The van der Waals surface area contributed by atoms with Crippen LogP contribution in [0.2, 0.25) is 0 Å². The van der Waals surface area contributed by atoms with Gasteiger partial charge in [0, 0.05) is 30.3 Å². The smallest absolute Gasteiger partial charge is 0.280 e. The van der Waals surface area contributed by atoms with Gasteiger partial charge in [-0.1, -0.05) is 25.5 Å². The molecule has 9 nitrogen and oxygen atoms in total. The highest BCUT2D eigenvalue weighted by Gasteiger charge is 2.16. The average Bonchev–Trinajstić information content (AvgIpc) is 3.31. The first-order chi connectivity index (χ1) is 16.4. The Morgan fingerprint density at radius 3 is 2.65 bits per heavy atom. The summed E-state index contributed by atoms with van der Waals surface area (Å²) in [4.78, 5) is 35.1. The van der Waals surface area contributed by atoms with Gasteiger partial charge >= 0.3 is 0 Å². The summed E-state index contributed by atoms with van der Waals surface area (Å²) in [6.07, 6.45) is 4.90. The molecule has 34 heavy (non-hydrogen) atoms. The Hall–Kier alpha value is -4.40. The number of nitrogens with zero attached hydrogens (tertiary/aromatic N) is 1. The maximum absolute atomic E-state index is 12.3. The van der Waals surface area contributed by atoms with Crippen LogP contribution >= 0.6 is 0 Å². The largest absolute Gasteiger partial charge is 0.494 e. The molecule has 2 N–H and O–H groups in total. The van der Waals surface area contributed by atoms with Crippen LogP contribution < -0.4 is 15.4 Å². The van der Waals surface area contributed by atoms with Gasteiger partial charge in [0.2, 0.25) is 11.8 Å². The number of carbonyl (C=O) groups excluding carboxylic acids is 2. The lowest BCUT2D eigenvalue weighted by atomic mass is 10.1. The molecule has 0 aliphatic carbocycles. The van der Waals surface area contributed by atoms with Crippen LogP contribution in [0.5, 0.6) is 5.75 Å². The zero-order valence-corrected chi connectivity index (χ0v) is 18.9. The number of nitro groups is 1. The van der Waals surface area contributed by atoms with E-state index in [9.17, 15) is 19.7 Å². The molecule has 0 saturated carbocycles. The van der Waals surface area contributed by atoms with Crippen LogP contribution in [0.25, 0.3) is 17.4 Å². The van der Waals surface area contributed by atoms with Gasteiger partial charge in [-0.25, -0.2) is 0 Å². The molecule has 0 spiro atoms. The zero-order valence-electron chi connectivity index (χ0n) is 18.9. The fourth-order valence-electron chi connectivity index (χ4n) is 3.19. The van der Waals surface area contributed by atoms with E-state index in [1.54, 1.807) is 48.5 Å². The topological polar surface area (TPSA) is 124 Å². The van der Waals surface area contributed by atoms with E-state index in [1.165, 1.54) is 25.3 Å². The molecule has 2 amide bonds. The van der Waals surface area contributed by atoms with Crippen LogP contribution in [0.3, 0.4) is 0 Å². The second-order valence-electron chi connectivity index (χ2n) is 7.37. The summed E-state index contributed by atoms with van der Waals surface area (Å²) in [5.41, 5.74) is 1.29. The monoisotopic (exact) mass is 463 g/mol. The second kappa shape index (κ2) is 11.5. The number of hydrogen-bond donors (Lipinski definition) is 2. The molecular weight excluding hydrogens is 438 g/mol. The highest BCUT2D eigenvalue weighted by Crippen LogP contribution is 2.31. The van der Waals surface area contributed by atoms with Gasteiger partial charge in [0.1, 0.15) is 17.3 Å².